The van der Waals surface area contributed by atoms with E-state index in [0.29, 0.717) is 5.69 Å². The largest absolute Gasteiger partial charge is 0.480 e. The average Bonchev–Trinajstić information content (AvgIpc) is 2.29. The van der Waals surface area contributed by atoms with E-state index in [1.54, 1.807) is 6.07 Å². The molecule has 17 heavy (non-hydrogen) atoms. The van der Waals surface area contributed by atoms with E-state index in [0.717, 1.165) is 15.4 Å². The number of nitrogens with zero attached hydrogens (tertiary/aromatic N) is 1. The van der Waals surface area contributed by atoms with Crippen LogP contribution in [-0.4, -0.2) is 22.1 Å². The highest BCUT2D eigenvalue weighted by Crippen LogP contribution is 2.18. The molecule has 0 saturated carbocycles. The monoisotopic (exact) mass is 294 g/mol. The predicted molar refractivity (Wildman–Crippen MR) is 68.8 cm³/mol. The van der Waals surface area contributed by atoms with Crippen LogP contribution in [0.3, 0.4) is 0 Å². The lowest BCUT2D eigenvalue weighted by atomic mass is 10.1. The van der Waals surface area contributed by atoms with E-state index in [4.69, 9.17) is 10.8 Å². The summed E-state index contributed by atoms with van der Waals surface area (Å²) in [5.74, 6) is -1.01. The third kappa shape index (κ3) is 2.81. The van der Waals surface area contributed by atoms with Crippen LogP contribution in [0.15, 0.2) is 34.8 Å². The summed E-state index contributed by atoms with van der Waals surface area (Å²) >= 11 is 3.38. The van der Waals surface area contributed by atoms with Crippen LogP contribution in [0.5, 0.6) is 0 Å². The fraction of sp³-hybridized carbons (Fsp3) is 0.167. The second-order valence-electron chi connectivity index (χ2n) is 3.79. The van der Waals surface area contributed by atoms with Gasteiger partial charge in [0, 0.05) is 22.0 Å². The van der Waals surface area contributed by atoms with Crippen molar-refractivity contribution < 1.29 is 9.90 Å². The van der Waals surface area contributed by atoms with Crippen LogP contribution >= 0.6 is 15.9 Å². The molecule has 0 radical (unpaired) electrons. The minimum atomic E-state index is -1.01. The maximum Gasteiger partial charge on any atom is 0.320 e. The molecule has 1 atom stereocenters. The smallest absolute Gasteiger partial charge is 0.320 e. The number of pyridine rings is 1. The molecule has 2 rings (SSSR count). The molecule has 0 aliphatic carbocycles. The van der Waals surface area contributed by atoms with Crippen molar-refractivity contribution in [3.8, 4) is 0 Å². The molecular weight excluding hydrogens is 284 g/mol. The molecule has 2 aromatic rings. The molecule has 5 heteroatoms. The molecule has 0 bridgehead atoms. The summed E-state index contributed by atoms with van der Waals surface area (Å²) in [6.07, 6.45) is 0.237. The van der Waals surface area contributed by atoms with Gasteiger partial charge in [0.1, 0.15) is 6.04 Å². The summed E-state index contributed by atoms with van der Waals surface area (Å²) < 4.78 is 0.988. The van der Waals surface area contributed by atoms with E-state index in [1.807, 2.05) is 24.3 Å². The second-order valence-corrected chi connectivity index (χ2v) is 4.70. The van der Waals surface area contributed by atoms with Gasteiger partial charge in [-0.15, -0.1) is 0 Å². The molecule has 1 aromatic heterocycles. The van der Waals surface area contributed by atoms with Crippen LogP contribution in [0.1, 0.15) is 5.69 Å². The quantitative estimate of drug-likeness (QED) is 0.907. The highest BCUT2D eigenvalue weighted by molar-refractivity contribution is 9.10. The predicted octanol–water partition coefficient (Wildman–Crippen LogP) is 1.95. The fourth-order valence-electron chi connectivity index (χ4n) is 1.56. The number of hydrogen-bond donors (Lipinski definition) is 2. The lowest BCUT2D eigenvalue weighted by Crippen LogP contribution is -2.32. The number of aromatic nitrogens is 1. The number of carboxylic acids is 1. The van der Waals surface area contributed by atoms with E-state index < -0.39 is 12.0 Å². The Hall–Kier alpha value is -1.46. The Labute approximate surface area is 107 Å². The number of carbonyl (C=O) groups is 1. The van der Waals surface area contributed by atoms with Gasteiger partial charge in [0.25, 0.3) is 0 Å². The van der Waals surface area contributed by atoms with Crippen LogP contribution in [-0.2, 0) is 11.2 Å². The highest BCUT2D eigenvalue weighted by atomic mass is 79.9. The number of carboxylic acid groups (broad SMARTS) is 1. The molecular formula is C12H11BrN2O2. The SMILES string of the molecule is NC(Cc1ccc2cc(Br)ccc2n1)C(=O)O. The first-order valence-corrected chi connectivity index (χ1v) is 5.89. The van der Waals surface area contributed by atoms with Crippen LogP contribution in [0.25, 0.3) is 10.9 Å². The summed E-state index contributed by atoms with van der Waals surface area (Å²) in [7, 11) is 0. The molecule has 0 aliphatic rings. The molecule has 4 nitrogen and oxygen atoms in total. The highest BCUT2D eigenvalue weighted by Gasteiger charge is 2.13. The molecule has 3 N–H and O–H groups in total. The number of aliphatic carboxylic acids is 1. The zero-order chi connectivity index (χ0) is 12.4. The molecule has 0 aliphatic heterocycles. The Bertz CT molecular complexity index is 571. The van der Waals surface area contributed by atoms with Crippen LogP contribution in [0.2, 0.25) is 0 Å². The number of fused-ring (bicyclic) bond motifs is 1. The molecule has 0 amide bonds. The van der Waals surface area contributed by atoms with Gasteiger partial charge in [-0.05, 0) is 24.3 Å². The van der Waals surface area contributed by atoms with Gasteiger partial charge >= 0.3 is 5.97 Å². The van der Waals surface area contributed by atoms with Crippen LogP contribution in [0, 0.1) is 0 Å². The second kappa shape index (κ2) is 4.81. The van der Waals surface area contributed by atoms with Gasteiger partial charge in [-0.1, -0.05) is 22.0 Å². The van der Waals surface area contributed by atoms with Crippen molar-refractivity contribution in [3.05, 3.63) is 40.5 Å². The zero-order valence-corrected chi connectivity index (χ0v) is 10.5. The van der Waals surface area contributed by atoms with E-state index in [9.17, 15) is 4.79 Å². The van der Waals surface area contributed by atoms with Gasteiger partial charge in [-0.25, -0.2) is 0 Å². The van der Waals surface area contributed by atoms with Crippen LogP contribution in [0.4, 0.5) is 0 Å². The Morgan fingerprint density at radius 1 is 1.41 bits per heavy atom. The van der Waals surface area contributed by atoms with Gasteiger partial charge in [-0.3, -0.25) is 9.78 Å². The minimum absolute atomic E-state index is 0.237. The summed E-state index contributed by atoms with van der Waals surface area (Å²) in [6, 6.07) is 8.55. The Kier molecular flexibility index (Phi) is 3.40. The summed E-state index contributed by atoms with van der Waals surface area (Å²) in [4.78, 5) is 15.0. The third-order valence-electron chi connectivity index (χ3n) is 2.46. The van der Waals surface area contributed by atoms with Crippen molar-refractivity contribution in [3.63, 3.8) is 0 Å². The Morgan fingerprint density at radius 3 is 2.88 bits per heavy atom. The normalized spacial score (nSPS) is 12.6. The van der Waals surface area contributed by atoms with Crippen molar-refractivity contribution in [2.45, 2.75) is 12.5 Å². The van der Waals surface area contributed by atoms with Gasteiger partial charge in [0.15, 0.2) is 0 Å². The van der Waals surface area contributed by atoms with Gasteiger partial charge in [0.05, 0.1) is 5.52 Å². The number of nitrogens with two attached hydrogens (primary N) is 1. The molecule has 1 aromatic carbocycles. The number of hydrogen-bond acceptors (Lipinski definition) is 3. The lowest BCUT2D eigenvalue weighted by Gasteiger charge is -2.06. The van der Waals surface area contributed by atoms with E-state index in [-0.39, 0.29) is 6.42 Å². The summed E-state index contributed by atoms with van der Waals surface area (Å²) in [6.45, 7) is 0. The Balaban J connectivity index is 2.32. The number of rotatable bonds is 3. The van der Waals surface area contributed by atoms with Gasteiger partial charge in [-0.2, -0.15) is 0 Å². The summed E-state index contributed by atoms with van der Waals surface area (Å²) in [5.41, 5.74) is 7.00. The average molecular weight is 295 g/mol. The number of benzene rings is 1. The molecule has 1 heterocycles. The maximum atomic E-state index is 10.7. The Morgan fingerprint density at radius 2 is 2.18 bits per heavy atom. The molecule has 1 unspecified atom stereocenters. The van der Waals surface area contributed by atoms with Crippen molar-refractivity contribution >= 4 is 32.8 Å². The van der Waals surface area contributed by atoms with Crippen molar-refractivity contribution in [1.82, 2.24) is 4.98 Å². The zero-order valence-electron chi connectivity index (χ0n) is 8.93. The van der Waals surface area contributed by atoms with Crippen molar-refractivity contribution in [1.29, 1.82) is 0 Å². The summed E-state index contributed by atoms with van der Waals surface area (Å²) in [5, 5.41) is 9.74. The van der Waals surface area contributed by atoms with E-state index >= 15 is 0 Å². The lowest BCUT2D eigenvalue weighted by molar-refractivity contribution is -0.138. The van der Waals surface area contributed by atoms with Crippen molar-refractivity contribution in [2.75, 3.05) is 0 Å². The third-order valence-corrected chi connectivity index (χ3v) is 2.95. The number of halogens is 1. The standard InChI is InChI=1S/C12H11BrN2O2/c13-8-2-4-11-7(5-8)1-3-9(15-11)6-10(14)12(16)17/h1-5,10H,6,14H2,(H,16,17). The van der Waals surface area contributed by atoms with Gasteiger partial charge < -0.3 is 10.8 Å². The van der Waals surface area contributed by atoms with Crippen molar-refractivity contribution in [2.24, 2.45) is 5.73 Å². The molecule has 88 valence electrons. The van der Waals surface area contributed by atoms with E-state index in [1.165, 1.54) is 0 Å². The first-order valence-electron chi connectivity index (χ1n) is 5.10. The van der Waals surface area contributed by atoms with Gasteiger partial charge in [0.2, 0.25) is 0 Å². The van der Waals surface area contributed by atoms with E-state index in [2.05, 4.69) is 20.9 Å². The minimum Gasteiger partial charge on any atom is -0.480 e. The van der Waals surface area contributed by atoms with Crippen LogP contribution < -0.4 is 5.73 Å². The topological polar surface area (TPSA) is 76.2 Å². The molecule has 0 spiro atoms. The fourth-order valence-corrected chi connectivity index (χ4v) is 1.94. The molecule has 0 fully saturated rings. The molecule has 0 saturated heterocycles. The maximum absolute atomic E-state index is 10.7. The first-order chi connectivity index (χ1) is 8.06. The first kappa shape index (κ1) is 12.0.